The SMILES string of the molecule is C#Cc1ccc2[nH]c(S(=O)(=O)N3CCN(C(=O)c4nc5c(o4)CN(O)CC5)C(C(=O)NC)C3)cc2c1. The van der Waals surface area contributed by atoms with E-state index in [2.05, 4.69) is 21.2 Å². The zero-order valence-corrected chi connectivity index (χ0v) is 20.2. The van der Waals surface area contributed by atoms with Gasteiger partial charge in [0.2, 0.25) is 5.91 Å². The molecule has 2 aliphatic heterocycles. The third-order valence-corrected chi connectivity index (χ3v) is 8.21. The summed E-state index contributed by atoms with van der Waals surface area (Å²) in [7, 11) is -2.59. The lowest BCUT2D eigenvalue weighted by atomic mass is 10.1. The largest absolute Gasteiger partial charge is 0.436 e. The Labute approximate surface area is 206 Å². The number of carbonyl (C=O) groups is 2. The van der Waals surface area contributed by atoms with E-state index in [0.29, 0.717) is 40.9 Å². The maximum Gasteiger partial charge on any atom is 0.310 e. The molecule has 4 heterocycles. The van der Waals surface area contributed by atoms with Crippen molar-refractivity contribution in [1.29, 1.82) is 0 Å². The highest BCUT2D eigenvalue weighted by Gasteiger charge is 2.42. The Bertz CT molecular complexity index is 1500. The molecule has 2 aromatic heterocycles. The van der Waals surface area contributed by atoms with Crippen LogP contribution in [0, 0.1) is 12.3 Å². The monoisotopic (exact) mass is 512 g/mol. The van der Waals surface area contributed by atoms with E-state index < -0.39 is 27.9 Å². The number of sulfonamides is 1. The number of hydrogen-bond donors (Lipinski definition) is 3. The molecule has 2 aliphatic rings. The summed E-state index contributed by atoms with van der Waals surface area (Å²) in [6.45, 7) is 0.147. The lowest BCUT2D eigenvalue weighted by Crippen LogP contribution is -2.61. The fourth-order valence-electron chi connectivity index (χ4n) is 4.48. The van der Waals surface area contributed by atoms with Crippen molar-refractivity contribution >= 4 is 32.7 Å². The number of benzene rings is 1. The number of fused-ring (bicyclic) bond motifs is 2. The highest BCUT2D eigenvalue weighted by atomic mass is 32.2. The number of aromatic nitrogens is 2. The second-order valence-electron chi connectivity index (χ2n) is 8.60. The van der Waals surface area contributed by atoms with Crippen molar-refractivity contribution in [1.82, 2.24) is 29.6 Å². The standard InChI is InChI=1S/C23H24N6O6S/c1-3-14-4-5-16-15(10-14)11-20(25-16)36(33,34)28-8-9-29(18(12-28)21(30)24-2)23(31)22-26-17-6-7-27(32)13-19(17)35-22/h1,4-5,10-11,18,25,32H,6-9,12-13H2,2H3,(H,24,30). The summed E-state index contributed by atoms with van der Waals surface area (Å²) in [5.74, 6) is 1.57. The molecule has 0 radical (unpaired) electrons. The van der Waals surface area contributed by atoms with Crippen molar-refractivity contribution < 1.29 is 27.6 Å². The third-order valence-electron chi connectivity index (χ3n) is 6.43. The van der Waals surface area contributed by atoms with Crippen LogP contribution in [-0.2, 0) is 27.8 Å². The number of oxazole rings is 1. The van der Waals surface area contributed by atoms with Gasteiger partial charge in [0.05, 0.1) is 12.2 Å². The molecule has 5 rings (SSSR count). The lowest BCUT2D eigenvalue weighted by Gasteiger charge is -2.38. The summed E-state index contributed by atoms with van der Waals surface area (Å²) < 4.78 is 33.6. The third kappa shape index (κ3) is 4.14. The summed E-state index contributed by atoms with van der Waals surface area (Å²) >= 11 is 0. The van der Waals surface area contributed by atoms with Crippen LogP contribution in [0.4, 0.5) is 0 Å². The predicted octanol–water partition coefficient (Wildman–Crippen LogP) is 0.146. The Morgan fingerprint density at radius 3 is 2.83 bits per heavy atom. The second-order valence-corrected chi connectivity index (χ2v) is 10.5. The van der Waals surface area contributed by atoms with E-state index in [9.17, 15) is 23.2 Å². The number of amides is 2. The summed E-state index contributed by atoms with van der Waals surface area (Å²) in [5, 5.41) is 13.9. The number of aromatic amines is 1. The van der Waals surface area contributed by atoms with Crippen LogP contribution in [0.1, 0.15) is 27.7 Å². The number of nitrogens with zero attached hydrogens (tertiary/aromatic N) is 4. The highest BCUT2D eigenvalue weighted by Crippen LogP contribution is 2.26. The van der Waals surface area contributed by atoms with Crippen LogP contribution in [-0.4, -0.2) is 88.9 Å². The Hall–Kier alpha value is -3.70. The molecule has 13 heteroatoms. The molecule has 1 fully saturated rings. The van der Waals surface area contributed by atoms with Crippen LogP contribution < -0.4 is 5.32 Å². The minimum Gasteiger partial charge on any atom is -0.436 e. The van der Waals surface area contributed by atoms with Gasteiger partial charge in [-0.2, -0.15) is 9.37 Å². The molecule has 0 bridgehead atoms. The molecule has 3 N–H and O–H groups in total. The lowest BCUT2D eigenvalue weighted by molar-refractivity contribution is -0.126. The first-order valence-electron chi connectivity index (χ1n) is 11.3. The van der Waals surface area contributed by atoms with Gasteiger partial charge in [-0.1, -0.05) is 5.92 Å². The quantitative estimate of drug-likeness (QED) is 0.418. The van der Waals surface area contributed by atoms with Crippen LogP contribution in [0.5, 0.6) is 0 Å². The minimum absolute atomic E-state index is 0.0304. The first-order chi connectivity index (χ1) is 17.2. The second kappa shape index (κ2) is 9.07. The van der Waals surface area contributed by atoms with Crippen LogP contribution >= 0.6 is 0 Å². The molecule has 3 aromatic rings. The van der Waals surface area contributed by atoms with Gasteiger partial charge in [-0.3, -0.25) is 9.59 Å². The molecule has 1 atom stereocenters. The first-order valence-corrected chi connectivity index (χ1v) is 12.7. The van der Waals surface area contributed by atoms with E-state index in [1.807, 2.05) is 0 Å². The van der Waals surface area contributed by atoms with Crippen molar-refractivity contribution in [3.05, 3.63) is 47.2 Å². The molecular weight excluding hydrogens is 488 g/mol. The summed E-state index contributed by atoms with van der Waals surface area (Å²) in [6.07, 6.45) is 5.86. The van der Waals surface area contributed by atoms with Gasteiger partial charge in [-0.25, -0.2) is 13.4 Å². The molecule has 0 saturated carbocycles. The van der Waals surface area contributed by atoms with Gasteiger partial charge in [0.15, 0.2) is 0 Å². The Kier molecular flexibility index (Phi) is 6.05. The van der Waals surface area contributed by atoms with E-state index in [1.165, 1.54) is 22.3 Å². The highest BCUT2D eigenvalue weighted by molar-refractivity contribution is 7.89. The van der Waals surface area contributed by atoms with Gasteiger partial charge < -0.3 is 24.8 Å². The fourth-order valence-corrected chi connectivity index (χ4v) is 5.93. The van der Waals surface area contributed by atoms with Gasteiger partial charge in [-0.15, -0.1) is 6.42 Å². The van der Waals surface area contributed by atoms with Crippen molar-refractivity contribution in [2.24, 2.45) is 0 Å². The van der Waals surface area contributed by atoms with Gasteiger partial charge >= 0.3 is 5.91 Å². The van der Waals surface area contributed by atoms with E-state index in [4.69, 9.17) is 10.8 Å². The van der Waals surface area contributed by atoms with Crippen LogP contribution in [0.3, 0.4) is 0 Å². The smallest absolute Gasteiger partial charge is 0.310 e. The van der Waals surface area contributed by atoms with E-state index in [1.54, 1.807) is 18.2 Å². The number of hydrogen-bond acceptors (Lipinski definition) is 8. The molecule has 0 spiro atoms. The zero-order chi connectivity index (χ0) is 25.6. The number of terminal acetylenes is 1. The molecule has 36 heavy (non-hydrogen) atoms. The minimum atomic E-state index is -4.00. The average Bonchev–Trinajstić information content (AvgIpc) is 3.51. The molecule has 0 aliphatic carbocycles. The van der Waals surface area contributed by atoms with Crippen molar-refractivity contribution in [3.8, 4) is 12.3 Å². The van der Waals surface area contributed by atoms with E-state index in [0.717, 1.165) is 5.06 Å². The first kappa shape index (κ1) is 24.0. The van der Waals surface area contributed by atoms with E-state index >= 15 is 0 Å². The predicted molar refractivity (Wildman–Crippen MR) is 126 cm³/mol. The molecule has 12 nitrogen and oxygen atoms in total. The molecular formula is C23H24N6O6S. The molecule has 1 aromatic carbocycles. The fraction of sp³-hybridized carbons (Fsp3) is 0.348. The van der Waals surface area contributed by atoms with Gasteiger partial charge in [0, 0.05) is 56.1 Å². The Morgan fingerprint density at radius 2 is 2.08 bits per heavy atom. The summed E-state index contributed by atoms with van der Waals surface area (Å²) in [5.41, 5.74) is 1.81. The normalized spacial score (nSPS) is 19.1. The number of rotatable bonds is 4. The van der Waals surface area contributed by atoms with Crippen LogP contribution in [0.25, 0.3) is 10.9 Å². The Balaban J connectivity index is 1.40. The van der Waals surface area contributed by atoms with Gasteiger partial charge in [-0.05, 0) is 24.3 Å². The van der Waals surface area contributed by atoms with Gasteiger partial charge in [0.25, 0.3) is 15.9 Å². The molecule has 188 valence electrons. The summed E-state index contributed by atoms with van der Waals surface area (Å²) in [4.78, 5) is 34.4. The number of nitrogens with one attached hydrogen (secondary N) is 2. The number of piperazine rings is 1. The summed E-state index contributed by atoms with van der Waals surface area (Å²) in [6, 6.07) is 5.53. The molecule has 1 unspecified atom stereocenters. The number of H-pyrrole nitrogens is 1. The van der Waals surface area contributed by atoms with Crippen molar-refractivity contribution in [3.63, 3.8) is 0 Å². The maximum atomic E-state index is 13.4. The number of hydroxylamine groups is 2. The topological polar surface area (TPSA) is 152 Å². The van der Waals surface area contributed by atoms with Crippen molar-refractivity contribution in [2.45, 2.75) is 24.0 Å². The average molecular weight is 513 g/mol. The van der Waals surface area contributed by atoms with E-state index in [-0.39, 0.29) is 37.1 Å². The molecule has 2 amide bonds. The van der Waals surface area contributed by atoms with Crippen LogP contribution in [0.15, 0.2) is 33.7 Å². The van der Waals surface area contributed by atoms with Gasteiger partial charge in [0.1, 0.15) is 16.8 Å². The zero-order valence-electron chi connectivity index (χ0n) is 19.4. The Morgan fingerprint density at radius 1 is 1.28 bits per heavy atom. The maximum absolute atomic E-state index is 13.4. The molecule has 1 saturated heterocycles. The number of carbonyl (C=O) groups excluding carboxylic acids is 2. The van der Waals surface area contributed by atoms with Crippen molar-refractivity contribution in [2.75, 3.05) is 33.2 Å². The van der Waals surface area contributed by atoms with Crippen LogP contribution in [0.2, 0.25) is 0 Å². The number of likely N-dealkylation sites (N-methyl/N-ethyl adjacent to an activating group) is 1.